The summed E-state index contributed by atoms with van der Waals surface area (Å²) in [6.45, 7) is 2.14. The van der Waals surface area contributed by atoms with Gasteiger partial charge in [0.25, 0.3) is 0 Å². The molecule has 0 saturated heterocycles. The molecule has 1 aromatic carbocycles. The van der Waals surface area contributed by atoms with Crippen molar-refractivity contribution in [2.24, 2.45) is 5.73 Å². The molecule has 1 fully saturated rings. The van der Waals surface area contributed by atoms with Gasteiger partial charge in [-0.15, -0.1) is 12.4 Å². The number of halogens is 2. The van der Waals surface area contributed by atoms with Crippen molar-refractivity contribution in [2.45, 2.75) is 31.2 Å². The van der Waals surface area contributed by atoms with Crippen molar-refractivity contribution >= 4 is 24.0 Å². The normalized spacial score (nSPS) is 29.5. The number of benzene rings is 1. The van der Waals surface area contributed by atoms with Gasteiger partial charge in [0.05, 0.1) is 0 Å². The summed E-state index contributed by atoms with van der Waals surface area (Å²) in [4.78, 5) is 0. The molecule has 2 atom stereocenters. The van der Waals surface area contributed by atoms with Crippen molar-refractivity contribution in [1.29, 1.82) is 0 Å². The standard InChI is InChI=1S/C11H14ClN.ClH/c1-2-11(13)7-10(11)8-4-3-5-9(12)6-8;/h3-6,10H,2,7,13H2,1H3;1H. The third kappa shape index (κ3) is 2.05. The van der Waals surface area contributed by atoms with Gasteiger partial charge in [0, 0.05) is 16.5 Å². The fraction of sp³-hybridized carbons (Fsp3) is 0.455. The van der Waals surface area contributed by atoms with Crippen LogP contribution in [0.5, 0.6) is 0 Å². The van der Waals surface area contributed by atoms with E-state index in [9.17, 15) is 0 Å². The minimum absolute atomic E-state index is 0. The van der Waals surface area contributed by atoms with Crippen LogP contribution in [0.4, 0.5) is 0 Å². The zero-order valence-electron chi connectivity index (χ0n) is 8.16. The topological polar surface area (TPSA) is 26.0 Å². The van der Waals surface area contributed by atoms with Gasteiger partial charge in [-0.2, -0.15) is 0 Å². The monoisotopic (exact) mass is 231 g/mol. The lowest BCUT2D eigenvalue weighted by Crippen LogP contribution is -2.22. The van der Waals surface area contributed by atoms with Gasteiger partial charge in [-0.05, 0) is 30.5 Å². The number of nitrogens with two attached hydrogens (primary N) is 1. The van der Waals surface area contributed by atoms with E-state index in [1.165, 1.54) is 5.56 Å². The van der Waals surface area contributed by atoms with Crippen molar-refractivity contribution in [3.8, 4) is 0 Å². The minimum Gasteiger partial charge on any atom is -0.325 e. The molecule has 1 saturated carbocycles. The predicted octanol–water partition coefficient (Wildman–Crippen LogP) is 3.36. The van der Waals surface area contributed by atoms with E-state index in [2.05, 4.69) is 13.0 Å². The van der Waals surface area contributed by atoms with Crippen LogP contribution >= 0.6 is 24.0 Å². The van der Waals surface area contributed by atoms with E-state index >= 15 is 0 Å². The van der Waals surface area contributed by atoms with Crippen molar-refractivity contribution in [3.63, 3.8) is 0 Å². The van der Waals surface area contributed by atoms with Crippen LogP contribution in [-0.2, 0) is 0 Å². The van der Waals surface area contributed by atoms with Crippen LogP contribution in [0.25, 0.3) is 0 Å². The predicted molar refractivity (Wildman–Crippen MR) is 63.3 cm³/mol. The highest BCUT2D eigenvalue weighted by Gasteiger charge is 2.49. The molecular formula is C11H15Cl2N. The summed E-state index contributed by atoms with van der Waals surface area (Å²) in [5.74, 6) is 0.524. The van der Waals surface area contributed by atoms with E-state index in [1.54, 1.807) is 0 Å². The Hall–Kier alpha value is -0.240. The average molecular weight is 232 g/mol. The summed E-state index contributed by atoms with van der Waals surface area (Å²) < 4.78 is 0. The highest BCUT2D eigenvalue weighted by molar-refractivity contribution is 6.30. The molecule has 2 N–H and O–H groups in total. The van der Waals surface area contributed by atoms with E-state index in [0.29, 0.717) is 5.92 Å². The molecule has 3 heteroatoms. The average Bonchev–Trinajstić information content (AvgIpc) is 2.79. The Bertz CT molecular complexity index is 327. The molecule has 0 amide bonds. The zero-order valence-corrected chi connectivity index (χ0v) is 9.74. The molecule has 0 radical (unpaired) electrons. The quantitative estimate of drug-likeness (QED) is 0.831. The van der Waals surface area contributed by atoms with Gasteiger partial charge in [-0.3, -0.25) is 0 Å². The Morgan fingerprint density at radius 2 is 2.29 bits per heavy atom. The van der Waals surface area contributed by atoms with Crippen LogP contribution in [0, 0.1) is 0 Å². The first kappa shape index (κ1) is 11.8. The summed E-state index contributed by atoms with van der Waals surface area (Å²) in [7, 11) is 0. The first-order chi connectivity index (χ1) is 6.15. The Balaban J connectivity index is 0.000000980. The van der Waals surface area contributed by atoms with Crippen LogP contribution in [-0.4, -0.2) is 5.54 Å². The second kappa shape index (κ2) is 4.09. The molecule has 1 aliphatic rings. The van der Waals surface area contributed by atoms with Gasteiger partial charge >= 0.3 is 0 Å². The van der Waals surface area contributed by atoms with Crippen molar-refractivity contribution in [1.82, 2.24) is 0 Å². The molecule has 0 bridgehead atoms. The molecular weight excluding hydrogens is 217 g/mol. The first-order valence-corrected chi connectivity index (χ1v) is 5.08. The smallest absolute Gasteiger partial charge is 0.0408 e. The summed E-state index contributed by atoms with van der Waals surface area (Å²) in [5, 5.41) is 0.808. The summed E-state index contributed by atoms with van der Waals surface area (Å²) >= 11 is 5.91. The maximum Gasteiger partial charge on any atom is 0.0408 e. The van der Waals surface area contributed by atoms with E-state index in [1.807, 2.05) is 18.2 Å². The zero-order chi connectivity index (χ0) is 9.47. The fourth-order valence-electron chi connectivity index (χ4n) is 1.88. The Labute approximate surface area is 96.0 Å². The SMILES string of the molecule is CCC1(N)CC1c1cccc(Cl)c1.Cl. The van der Waals surface area contributed by atoms with E-state index in [-0.39, 0.29) is 17.9 Å². The van der Waals surface area contributed by atoms with Gasteiger partial charge in [0.2, 0.25) is 0 Å². The van der Waals surface area contributed by atoms with E-state index in [4.69, 9.17) is 17.3 Å². The number of rotatable bonds is 2. The summed E-state index contributed by atoms with van der Waals surface area (Å²) in [5.41, 5.74) is 7.46. The van der Waals surface area contributed by atoms with E-state index < -0.39 is 0 Å². The first-order valence-electron chi connectivity index (χ1n) is 4.70. The minimum atomic E-state index is 0. The van der Waals surface area contributed by atoms with Crippen LogP contribution in [0.15, 0.2) is 24.3 Å². The van der Waals surface area contributed by atoms with Crippen LogP contribution in [0.3, 0.4) is 0 Å². The molecule has 0 spiro atoms. The Kier molecular flexibility index (Phi) is 3.46. The molecule has 14 heavy (non-hydrogen) atoms. The van der Waals surface area contributed by atoms with Crippen LogP contribution < -0.4 is 5.73 Å². The second-order valence-corrected chi connectivity index (χ2v) is 4.33. The molecule has 0 aromatic heterocycles. The molecule has 2 unspecified atom stereocenters. The van der Waals surface area contributed by atoms with Gasteiger partial charge < -0.3 is 5.73 Å². The Morgan fingerprint density at radius 1 is 1.57 bits per heavy atom. The molecule has 2 rings (SSSR count). The lowest BCUT2D eigenvalue weighted by Gasteiger charge is -2.07. The van der Waals surface area contributed by atoms with Crippen LogP contribution in [0.2, 0.25) is 5.02 Å². The van der Waals surface area contributed by atoms with Crippen LogP contribution in [0.1, 0.15) is 31.2 Å². The molecule has 1 aromatic rings. The molecule has 1 aliphatic carbocycles. The van der Waals surface area contributed by atoms with Crippen molar-refractivity contribution < 1.29 is 0 Å². The van der Waals surface area contributed by atoms with Crippen molar-refractivity contribution in [3.05, 3.63) is 34.9 Å². The van der Waals surface area contributed by atoms with Gasteiger partial charge in [-0.25, -0.2) is 0 Å². The largest absolute Gasteiger partial charge is 0.325 e. The fourth-order valence-corrected chi connectivity index (χ4v) is 2.08. The van der Waals surface area contributed by atoms with Gasteiger partial charge in [0.1, 0.15) is 0 Å². The lowest BCUT2D eigenvalue weighted by atomic mass is 10.1. The third-order valence-electron chi connectivity index (χ3n) is 3.03. The molecule has 1 nitrogen and oxygen atoms in total. The highest BCUT2D eigenvalue weighted by Crippen LogP contribution is 2.51. The molecule has 78 valence electrons. The molecule has 0 heterocycles. The van der Waals surface area contributed by atoms with E-state index in [0.717, 1.165) is 17.9 Å². The summed E-state index contributed by atoms with van der Waals surface area (Å²) in [6.07, 6.45) is 2.15. The number of hydrogen-bond donors (Lipinski definition) is 1. The summed E-state index contributed by atoms with van der Waals surface area (Å²) in [6, 6.07) is 8.03. The third-order valence-corrected chi connectivity index (χ3v) is 3.26. The van der Waals surface area contributed by atoms with Gasteiger partial charge in [0.15, 0.2) is 0 Å². The number of hydrogen-bond acceptors (Lipinski definition) is 1. The molecule has 0 aliphatic heterocycles. The highest BCUT2D eigenvalue weighted by atomic mass is 35.5. The Morgan fingerprint density at radius 3 is 2.79 bits per heavy atom. The maximum atomic E-state index is 6.13. The maximum absolute atomic E-state index is 6.13. The van der Waals surface area contributed by atoms with Crippen molar-refractivity contribution in [2.75, 3.05) is 0 Å². The van der Waals surface area contributed by atoms with Gasteiger partial charge in [-0.1, -0.05) is 30.7 Å². The second-order valence-electron chi connectivity index (χ2n) is 3.90. The lowest BCUT2D eigenvalue weighted by molar-refractivity contribution is 0.626.